The van der Waals surface area contributed by atoms with Crippen molar-refractivity contribution in [1.82, 2.24) is 0 Å². The lowest BCUT2D eigenvalue weighted by Crippen LogP contribution is -2.49. The van der Waals surface area contributed by atoms with Crippen LogP contribution < -0.4 is 0 Å². The Bertz CT molecular complexity index is 491. The van der Waals surface area contributed by atoms with Crippen LogP contribution in [0.25, 0.3) is 0 Å². The fourth-order valence-corrected chi connectivity index (χ4v) is 3.93. The molecule has 1 saturated heterocycles. The van der Waals surface area contributed by atoms with Crippen LogP contribution >= 0.6 is 0 Å². The molecule has 2 N–H and O–H groups in total. The normalized spacial score (nSPS) is 26.0. The molecule has 0 aliphatic carbocycles. The maximum absolute atomic E-state index is 10.3. The summed E-state index contributed by atoms with van der Waals surface area (Å²) in [5.41, 5.74) is 1.05. The van der Waals surface area contributed by atoms with Crippen molar-refractivity contribution in [3.63, 3.8) is 0 Å². The van der Waals surface area contributed by atoms with Crippen molar-refractivity contribution in [2.45, 2.75) is 104 Å². The molecule has 7 unspecified atom stereocenters. The molecule has 1 heterocycles. The van der Waals surface area contributed by atoms with E-state index in [1.54, 1.807) is 28.4 Å². The Hall–Kier alpha value is -0.800. The molecule has 0 aromatic heterocycles. The van der Waals surface area contributed by atoms with Crippen molar-refractivity contribution in [3.05, 3.63) is 23.8 Å². The van der Waals surface area contributed by atoms with Gasteiger partial charge in [-0.2, -0.15) is 0 Å². The second-order valence-corrected chi connectivity index (χ2v) is 7.91. The average molecular weight is 477 g/mol. The van der Waals surface area contributed by atoms with Crippen LogP contribution in [0.15, 0.2) is 23.8 Å². The van der Waals surface area contributed by atoms with Gasteiger partial charge in [-0.25, -0.2) is 0 Å². The van der Waals surface area contributed by atoms with Crippen molar-refractivity contribution in [2.75, 3.05) is 35.5 Å². The smallest absolute Gasteiger partial charge is 0.184 e. The minimum Gasteiger partial charge on any atom is -0.400 e. The molecule has 1 aliphatic rings. The molecule has 7 atom stereocenters. The summed E-state index contributed by atoms with van der Waals surface area (Å²) in [5, 5.41) is 17.3. The molecule has 7 heteroatoms. The minimum atomic E-state index is -0.411. The van der Waals surface area contributed by atoms with Crippen LogP contribution in [0.5, 0.6) is 0 Å². The van der Waals surface area contributed by atoms with Crippen molar-refractivity contribution in [3.8, 4) is 0 Å². The fourth-order valence-electron chi connectivity index (χ4n) is 3.93. The summed E-state index contributed by atoms with van der Waals surface area (Å²) in [7, 11) is 7.72. The largest absolute Gasteiger partial charge is 0.400 e. The highest BCUT2D eigenvalue weighted by Gasteiger charge is 2.39. The number of aliphatic hydroxyl groups excluding tert-OH is 2. The van der Waals surface area contributed by atoms with E-state index in [1.165, 1.54) is 0 Å². The Kier molecular flexibility index (Phi) is 22.6. The van der Waals surface area contributed by atoms with E-state index in [0.29, 0.717) is 18.8 Å². The van der Waals surface area contributed by atoms with Gasteiger partial charge < -0.3 is 33.9 Å². The number of rotatable bonds is 13. The van der Waals surface area contributed by atoms with Crippen molar-refractivity contribution >= 4 is 0 Å². The van der Waals surface area contributed by atoms with Gasteiger partial charge in [-0.15, -0.1) is 0 Å². The van der Waals surface area contributed by atoms with Gasteiger partial charge >= 0.3 is 0 Å². The van der Waals surface area contributed by atoms with Crippen LogP contribution in [0.2, 0.25) is 0 Å². The van der Waals surface area contributed by atoms with Crippen molar-refractivity contribution in [2.24, 2.45) is 5.92 Å². The van der Waals surface area contributed by atoms with Gasteiger partial charge in [0.25, 0.3) is 0 Å². The molecule has 0 aromatic carbocycles. The lowest BCUT2D eigenvalue weighted by molar-refractivity contribution is -0.256. The van der Waals surface area contributed by atoms with Gasteiger partial charge in [0.15, 0.2) is 6.29 Å². The van der Waals surface area contributed by atoms with Crippen LogP contribution in [-0.2, 0) is 23.7 Å². The third-order valence-corrected chi connectivity index (χ3v) is 5.87. The molecule has 33 heavy (non-hydrogen) atoms. The van der Waals surface area contributed by atoms with E-state index < -0.39 is 6.29 Å². The number of ether oxygens (including phenoxy) is 5. The first-order valence-electron chi connectivity index (χ1n) is 12.1. The molecule has 0 spiro atoms. The number of methoxy groups -OCH3 is 4. The van der Waals surface area contributed by atoms with E-state index in [0.717, 1.165) is 31.9 Å². The third-order valence-electron chi connectivity index (χ3n) is 5.87. The van der Waals surface area contributed by atoms with Gasteiger partial charge in [0.2, 0.25) is 0 Å². The highest BCUT2D eigenvalue weighted by molar-refractivity contribution is 5.17. The van der Waals surface area contributed by atoms with E-state index in [4.69, 9.17) is 28.8 Å². The summed E-state index contributed by atoms with van der Waals surface area (Å²) in [5.74, 6) is 0.449. The Morgan fingerprint density at radius 3 is 2.12 bits per heavy atom. The Morgan fingerprint density at radius 1 is 1.03 bits per heavy atom. The lowest BCUT2D eigenvalue weighted by atomic mass is 9.94. The first-order valence-corrected chi connectivity index (χ1v) is 12.1. The first-order chi connectivity index (χ1) is 15.9. The number of hydrogen-bond donors (Lipinski definition) is 2. The topological polar surface area (TPSA) is 86.6 Å². The van der Waals surface area contributed by atoms with Gasteiger partial charge in [0.1, 0.15) is 12.2 Å². The molecule has 0 aromatic rings. The number of hydrogen-bond acceptors (Lipinski definition) is 7. The van der Waals surface area contributed by atoms with Gasteiger partial charge in [0.05, 0.1) is 18.3 Å². The van der Waals surface area contributed by atoms with Gasteiger partial charge in [-0.1, -0.05) is 45.9 Å². The zero-order chi connectivity index (χ0) is 25.8. The van der Waals surface area contributed by atoms with Crippen molar-refractivity contribution in [1.29, 1.82) is 0 Å². The molecule has 1 fully saturated rings. The molecular weight excluding hydrogens is 424 g/mol. The quantitative estimate of drug-likeness (QED) is 0.378. The predicted molar refractivity (Wildman–Crippen MR) is 134 cm³/mol. The van der Waals surface area contributed by atoms with Crippen LogP contribution in [0.1, 0.15) is 66.7 Å². The monoisotopic (exact) mass is 476 g/mol. The average Bonchev–Trinajstić information content (AvgIpc) is 2.87. The van der Waals surface area contributed by atoms with Crippen LogP contribution in [0.4, 0.5) is 0 Å². The number of allylic oxidation sites excluding steroid dienone is 2. The maximum atomic E-state index is 10.3. The highest BCUT2D eigenvalue weighted by Crippen LogP contribution is 2.28. The number of aliphatic hydroxyl groups is 2. The predicted octanol–water partition coefficient (Wildman–Crippen LogP) is 4.51. The zero-order valence-corrected chi connectivity index (χ0v) is 22.7. The van der Waals surface area contributed by atoms with E-state index >= 15 is 0 Å². The van der Waals surface area contributed by atoms with E-state index in [9.17, 15) is 5.11 Å². The molecule has 198 valence electrons. The molecule has 7 nitrogen and oxygen atoms in total. The summed E-state index contributed by atoms with van der Waals surface area (Å²) in [6, 6.07) is 0. The molecule has 0 bridgehead atoms. The van der Waals surface area contributed by atoms with Crippen LogP contribution in [0.3, 0.4) is 0 Å². The van der Waals surface area contributed by atoms with E-state index in [2.05, 4.69) is 13.8 Å². The second-order valence-electron chi connectivity index (χ2n) is 7.91. The Morgan fingerprint density at radius 2 is 1.64 bits per heavy atom. The Balaban J connectivity index is 0. The molecular formula is C26H52O7. The van der Waals surface area contributed by atoms with Gasteiger partial charge in [-0.05, 0) is 44.1 Å². The van der Waals surface area contributed by atoms with Crippen molar-refractivity contribution < 1.29 is 33.9 Å². The lowest BCUT2D eigenvalue weighted by Gasteiger charge is -2.39. The zero-order valence-electron chi connectivity index (χ0n) is 22.7. The highest BCUT2D eigenvalue weighted by atomic mass is 16.7. The summed E-state index contributed by atoms with van der Waals surface area (Å²) in [4.78, 5) is 0. The third kappa shape index (κ3) is 13.0. The standard InChI is InChI=1S/C23H42O6.C2H6.CH4O/c1-8-19(25-4)16(2)13-14-18(24)12-10-9-11-17(3)22-20(26-5)15-21(27-6)23(28-7)29-22;2*1-2/h9-11,16,18-24H,8,12-15H2,1-7H3;1-2H3;2H,1H3/b10-9+,17-11+;;. The Labute approximate surface area is 203 Å². The van der Waals surface area contributed by atoms with E-state index in [-0.39, 0.29) is 30.5 Å². The maximum Gasteiger partial charge on any atom is 0.184 e. The SMILES string of the molecule is CC.CCC(OC)C(C)CCC(O)C/C=C/C=C(\C)C1OC(OC)C(OC)CC1OC.CO. The molecule has 0 saturated carbocycles. The summed E-state index contributed by atoms with van der Waals surface area (Å²) >= 11 is 0. The second kappa shape index (κ2) is 21.7. The summed E-state index contributed by atoms with van der Waals surface area (Å²) in [6.45, 7) is 10.3. The minimum absolute atomic E-state index is 0.0876. The molecule has 1 aliphatic heterocycles. The van der Waals surface area contributed by atoms with Gasteiger partial charge in [0, 0.05) is 42.0 Å². The summed E-state index contributed by atoms with van der Waals surface area (Å²) < 4.78 is 28.0. The summed E-state index contributed by atoms with van der Waals surface area (Å²) in [6.07, 6.45) is 9.17. The van der Waals surface area contributed by atoms with Crippen LogP contribution in [-0.4, -0.2) is 82.6 Å². The van der Waals surface area contributed by atoms with E-state index in [1.807, 2.05) is 39.0 Å². The fraction of sp³-hybridized carbons (Fsp3) is 0.846. The molecule has 0 radical (unpaired) electrons. The first kappa shape index (κ1) is 34.4. The molecule has 0 amide bonds. The molecule has 1 rings (SSSR count). The van der Waals surface area contributed by atoms with Gasteiger partial charge in [-0.3, -0.25) is 0 Å². The van der Waals surface area contributed by atoms with Crippen LogP contribution in [0, 0.1) is 5.92 Å².